The first-order valence-corrected chi connectivity index (χ1v) is 11.1. The molecule has 1 saturated heterocycles. The fourth-order valence-electron chi connectivity index (χ4n) is 4.03. The summed E-state index contributed by atoms with van der Waals surface area (Å²) in [6.45, 7) is 1.27. The van der Waals surface area contributed by atoms with Crippen molar-refractivity contribution in [1.29, 1.82) is 0 Å². The molecule has 1 N–H and O–H groups in total. The van der Waals surface area contributed by atoms with Crippen molar-refractivity contribution in [2.24, 2.45) is 0 Å². The number of nitrogens with one attached hydrogen (secondary N) is 1. The molecule has 2 amide bonds. The Kier molecular flexibility index (Phi) is 5.34. The summed E-state index contributed by atoms with van der Waals surface area (Å²) < 4.78 is 14.1. The molecule has 156 valence electrons. The van der Waals surface area contributed by atoms with Gasteiger partial charge in [-0.15, -0.1) is 10.2 Å². The molecule has 0 aliphatic carbocycles. The van der Waals surface area contributed by atoms with Crippen LogP contribution in [-0.2, 0) is 0 Å². The Morgan fingerprint density at radius 3 is 2.74 bits per heavy atom. The SMILES string of the molecule is O=C(Nc1cccc2ccccc12)N1CCCC(c2nnc(-c3ccccc3F)s2)C1. The van der Waals surface area contributed by atoms with E-state index in [2.05, 4.69) is 15.5 Å². The van der Waals surface area contributed by atoms with Crippen LogP contribution >= 0.6 is 11.3 Å². The van der Waals surface area contributed by atoms with Crippen molar-refractivity contribution >= 4 is 33.8 Å². The van der Waals surface area contributed by atoms with Crippen molar-refractivity contribution in [2.45, 2.75) is 18.8 Å². The van der Waals surface area contributed by atoms with Gasteiger partial charge in [0.1, 0.15) is 10.8 Å². The minimum Gasteiger partial charge on any atom is -0.324 e. The van der Waals surface area contributed by atoms with Crippen LogP contribution in [0.2, 0.25) is 0 Å². The van der Waals surface area contributed by atoms with Crippen molar-refractivity contribution in [2.75, 3.05) is 18.4 Å². The molecule has 0 saturated carbocycles. The van der Waals surface area contributed by atoms with Gasteiger partial charge in [0.2, 0.25) is 0 Å². The highest BCUT2D eigenvalue weighted by Crippen LogP contribution is 2.34. The summed E-state index contributed by atoms with van der Waals surface area (Å²) in [7, 11) is 0. The largest absolute Gasteiger partial charge is 0.324 e. The lowest BCUT2D eigenvalue weighted by Crippen LogP contribution is -2.41. The van der Waals surface area contributed by atoms with Gasteiger partial charge in [0.15, 0.2) is 5.01 Å². The molecule has 31 heavy (non-hydrogen) atoms. The van der Waals surface area contributed by atoms with Gasteiger partial charge >= 0.3 is 6.03 Å². The molecule has 0 bridgehead atoms. The van der Waals surface area contributed by atoms with Gasteiger partial charge in [-0.3, -0.25) is 0 Å². The van der Waals surface area contributed by atoms with Crippen LogP contribution in [-0.4, -0.2) is 34.2 Å². The van der Waals surface area contributed by atoms with E-state index in [0.717, 1.165) is 34.3 Å². The molecular weight excluding hydrogens is 411 g/mol. The summed E-state index contributed by atoms with van der Waals surface area (Å²) in [6.07, 6.45) is 1.83. The highest BCUT2D eigenvalue weighted by Gasteiger charge is 2.28. The van der Waals surface area contributed by atoms with Crippen molar-refractivity contribution < 1.29 is 9.18 Å². The summed E-state index contributed by atoms with van der Waals surface area (Å²) in [6, 6.07) is 20.4. The van der Waals surface area contributed by atoms with E-state index in [1.165, 1.54) is 17.4 Å². The monoisotopic (exact) mass is 432 g/mol. The molecule has 1 atom stereocenters. The van der Waals surface area contributed by atoms with Crippen LogP contribution in [0.5, 0.6) is 0 Å². The van der Waals surface area contributed by atoms with E-state index >= 15 is 0 Å². The first-order chi connectivity index (χ1) is 15.2. The molecule has 7 heteroatoms. The van der Waals surface area contributed by atoms with E-state index in [1.54, 1.807) is 18.2 Å². The molecule has 1 aliphatic heterocycles. The quantitative estimate of drug-likeness (QED) is 0.438. The summed E-state index contributed by atoms with van der Waals surface area (Å²) in [5.41, 5.74) is 1.27. The highest BCUT2D eigenvalue weighted by atomic mass is 32.1. The van der Waals surface area contributed by atoms with Gasteiger partial charge in [-0.05, 0) is 36.4 Å². The van der Waals surface area contributed by atoms with Gasteiger partial charge in [-0.25, -0.2) is 9.18 Å². The second-order valence-electron chi connectivity index (χ2n) is 7.67. The Morgan fingerprint density at radius 2 is 1.84 bits per heavy atom. The van der Waals surface area contributed by atoms with Crippen LogP contribution in [0, 0.1) is 5.82 Å². The molecule has 2 heterocycles. The van der Waals surface area contributed by atoms with E-state index in [1.807, 2.05) is 47.4 Å². The lowest BCUT2D eigenvalue weighted by molar-refractivity contribution is 0.192. The molecule has 1 unspecified atom stereocenters. The molecule has 1 fully saturated rings. The number of benzene rings is 3. The van der Waals surface area contributed by atoms with Gasteiger partial charge in [0, 0.05) is 30.0 Å². The normalized spacial score (nSPS) is 16.4. The number of likely N-dealkylation sites (tertiary alicyclic amines) is 1. The first kappa shape index (κ1) is 19.6. The fourth-order valence-corrected chi connectivity index (χ4v) is 5.03. The summed E-state index contributed by atoms with van der Waals surface area (Å²) >= 11 is 1.41. The number of anilines is 1. The van der Waals surface area contributed by atoms with E-state index in [4.69, 9.17) is 0 Å². The topological polar surface area (TPSA) is 58.1 Å². The molecule has 1 aliphatic rings. The molecule has 3 aromatic carbocycles. The summed E-state index contributed by atoms with van der Waals surface area (Å²) in [5.74, 6) is -0.199. The Bertz CT molecular complexity index is 1240. The van der Waals surface area contributed by atoms with Gasteiger partial charge < -0.3 is 10.2 Å². The van der Waals surface area contributed by atoms with Gasteiger partial charge in [-0.2, -0.15) is 0 Å². The molecule has 0 radical (unpaired) electrons. The smallest absolute Gasteiger partial charge is 0.321 e. The number of carbonyl (C=O) groups is 1. The summed E-state index contributed by atoms with van der Waals surface area (Å²) in [5, 5.41) is 15.1. The Balaban J connectivity index is 1.31. The van der Waals surface area contributed by atoms with Crippen molar-refractivity contribution in [3.63, 3.8) is 0 Å². The number of piperidine rings is 1. The number of amides is 2. The number of urea groups is 1. The van der Waals surface area contributed by atoms with Crippen molar-refractivity contribution in [3.05, 3.63) is 77.6 Å². The number of fused-ring (bicyclic) bond motifs is 1. The summed E-state index contributed by atoms with van der Waals surface area (Å²) in [4.78, 5) is 14.8. The van der Waals surface area contributed by atoms with Crippen molar-refractivity contribution in [3.8, 4) is 10.6 Å². The highest BCUT2D eigenvalue weighted by molar-refractivity contribution is 7.14. The second-order valence-corrected chi connectivity index (χ2v) is 8.68. The number of aromatic nitrogens is 2. The number of hydrogen-bond donors (Lipinski definition) is 1. The lowest BCUT2D eigenvalue weighted by Gasteiger charge is -2.31. The third-order valence-corrected chi connectivity index (χ3v) is 6.75. The zero-order valence-electron chi connectivity index (χ0n) is 16.8. The van der Waals surface area contributed by atoms with Crippen LogP contribution in [0.25, 0.3) is 21.3 Å². The zero-order valence-corrected chi connectivity index (χ0v) is 17.6. The van der Waals surface area contributed by atoms with Crippen LogP contribution in [0.4, 0.5) is 14.9 Å². The molecule has 0 spiro atoms. The van der Waals surface area contributed by atoms with E-state index in [9.17, 15) is 9.18 Å². The average molecular weight is 433 g/mol. The molecule has 5 rings (SSSR count). The van der Waals surface area contributed by atoms with E-state index < -0.39 is 0 Å². The van der Waals surface area contributed by atoms with Crippen molar-refractivity contribution in [1.82, 2.24) is 15.1 Å². The Morgan fingerprint density at radius 1 is 1.03 bits per heavy atom. The molecule has 4 aromatic rings. The van der Waals surface area contributed by atoms with Gasteiger partial charge in [0.05, 0.1) is 5.69 Å². The number of rotatable bonds is 3. The zero-order chi connectivity index (χ0) is 21.2. The number of hydrogen-bond acceptors (Lipinski definition) is 4. The molecule has 5 nitrogen and oxygen atoms in total. The predicted octanol–water partition coefficient (Wildman–Crippen LogP) is 5.91. The van der Waals surface area contributed by atoms with Gasteiger partial charge in [0.25, 0.3) is 0 Å². The number of carbonyl (C=O) groups excluding carboxylic acids is 1. The predicted molar refractivity (Wildman–Crippen MR) is 122 cm³/mol. The maximum atomic E-state index is 14.1. The Hall–Kier alpha value is -3.32. The minimum atomic E-state index is -0.301. The molecular formula is C24H21FN4OS. The number of nitrogens with zero attached hydrogens (tertiary/aromatic N) is 3. The maximum absolute atomic E-state index is 14.1. The van der Waals surface area contributed by atoms with Crippen LogP contribution in [0.1, 0.15) is 23.8 Å². The van der Waals surface area contributed by atoms with E-state index in [0.29, 0.717) is 23.7 Å². The van der Waals surface area contributed by atoms with Crippen LogP contribution in [0.15, 0.2) is 66.7 Å². The second kappa shape index (κ2) is 8.43. The lowest BCUT2D eigenvalue weighted by atomic mass is 9.99. The minimum absolute atomic E-state index is 0.102. The third-order valence-electron chi connectivity index (χ3n) is 5.63. The molecule has 1 aromatic heterocycles. The average Bonchev–Trinajstić information content (AvgIpc) is 3.30. The number of halogens is 1. The van der Waals surface area contributed by atoms with Gasteiger partial charge in [-0.1, -0.05) is 59.9 Å². The third kappa shape index (κ3) is 4.01. The maximum Gasteiger partial charge on any atom is 0.321 e. The van der Waals surface area contributed by atoms with Crippen LogP contribution in [0.3, 0.4) is 0 Å². The Labute approximate surface area is 183 Å². The van der Waals surface area contributed by atoms with E-state index in [-0.39, 0.29) is 17.8 Å². The standard InChI is InChI=1S/C24H21FN4OS/c25-20-12-4-3-11-19(20)23-28-27-22(31-23)17-9-6-14-29(15-17)24(30)26-21-13-5-8-16-7-1-2-10-18(16)21/h1-5,7-8,10-13,17H,6,9,14-15H2,(H,26,30). The van der Waals surface area contributed by atoms with Crippen LogP contribution < -0.4 is 5.32 Å². The first-order valence-electron chi connectivity index (χ1n) is 10.3. The fraction of sp³-hybridized carbons (Fsp3) is 0.208.